The Morgan fingerprint density at radius 3 is 2.76 bits per heavy atom. The van der Waals surface area contributed by atoms with Crippen LogP contribution < -0.4 is 11.1 Å². The average molecular weight is 394 g/mol. The summed E-state index contributed by atoms with van der Waals surface area (Å²) in [5.74, 6) is 0.633. The number of benzene rings is 2. The monoisotopic (exact) mass is 393 g/mol. The van der Waals surface area contributed by atoms with Crippen molar-refractivity contribution in [3.8, 4) is 0 Å². The number of ether oxygens (including phenoxy) is 1. The van der Waals surface area contributed by atoms with Gasteiger partial charge in [-0.15, -0.1) is 0 Å². The molecule has 2 heterocycles. The van der Waals surface area contributed by atoms with Crippen molar-refractivity contribution in [2.24, 2.45) is 17.1 Å². The minimum atomic E-state index is -0.168. The van der Waals surface area contributed by atoms with Crippen molar-refractivity contribution in [1.82, 2.24) is 10.2 Å². The number of nitrogens with two attached hydrogens (primary N) is 1. The fourth-order valence-corrected chi connectivity index (χ4v) is 6.07. The Labute approximate surface area is 172 Å². The van der Waals surface area contributed by atoms with Gasteiger partial charge in [0.25, 0.3) is 0 Å². The van der Waals surface area contributed by atoms with Gasteiger partial charge in [0.05, 0.1) is 6.04 Å². The number of nitrogens with one attached hydrogen (secondary N) is 1. The molecule has 29 heavy (non-hydrogen) atoms. The molecule has 0 radical (unpaired) electrons. The Morgan fingerprint density at radius 1 is 1.17 bits per heavy atom. The van der Waals surface area contributed by atoms with Crippen LogP contribution in [0.3, 0.4) is 0 Å². The predicted molar refractivity (Wildman–Crippen MR) is 115 cm³/mol. The predicted octanol–water partition coefficient (Wildman–Crippen LogP) is 3.83. The minimum absolute atomic E-state index is 0.0499. The molecule has 2 aliphatic heterocycles. The standard InChI is InChI=1S/C24H31N3O2/c25-15-21(19-9-8-17-4-1-2-5-18(17)14-19)26-23(28)27-16-24(10-12-29-13-11-24)20-6-3-7-22(20)27/h1-2,4-5,8-9,14,20-22H,3,6-7,10-13,15-16,25H2,(H,26,28)/t20-,21?,22+/m1/s1. The molecule has 2 amide bonds. The van der Waals surface area contributed by atoms with Crippen molar-refractivity contribution in [3.63, 3.8) is 0 Å². The molecule has 1 aliphatic carbocycles. The summed E-state index contributed by atoms with van der Waals surface area (Å²) in [5.41, 5.74) is 7.42. The lowest BCUT2D eigenvalue weighted by Crippen LogP contribution is -2.46. The number of hydrogen-bond acceptors (Lipinski definition) is 3. The molecule has 5 heteroatoms. The van der Waals surface area contributed by atoms with E-state index in [-0.39, 0.29) is 17.5 Å². The molecule has 3 aliphatic rings. The van der Waals surface area contributed by atoms with Gasteiger partial charge in [0.1, 0.15) is 0 Å². The molecule has 1 saturated carbocycles. The van der Waals surface area contributed by atoms with Crippen LogP contribution in [0.25, 0.3) is 10.8 Å². The molecule has 3 atom stereocenters. The maximum Gasteiger partial charge on any atom is 0.318 e. The highest BCUT2D eigenvalue weighted by Gasteiger charge is 2.55. The van der Waals surface area contributed by atoms with E-state index in [0.29, 0.717) is 18.5 Å². The second-order valence-electron chi connectivity index (χ2n) is 9.05. The lowest BCUT2D eigenvalue weighted by Gasteiger charge is -2.37. The maximum absolute atomic E-state index is 13.3. The summed E-state index contributed by atoms with van der Waals surface area (Å²) >= 11 is 0. The second kappa shape index (κ2) is 7.62. The molecule has 1 unspecified atom stereocenters. The third-order valence-corrected chi connectivity index (χ3v) is 7.61. The summed E-state index contributed by atoms with van der Waals surface area (Å²) in [5, 5.41) is 5.63. The number of hydrogen-bond donors (Lipinski definition) is 2. The first-order valence-corrected chi connectivity index (χ1v) is 11.0. The molecule has 5 rings (SSSR count). The van der Waals surface area contributed by atoms with Crippen molar-refractivity contribution >= 4 is 16.8 Å². The van der Waals surface area contributed by atoms with E-state index in [4.69, 9.17) is 10.5 Å². The number of rotatable bonds is 3. The summed E-state index contributed by atoms with van der Waals surface area (Å²) in [6.07, 6.45) is 5.78. The SMILES string of the molecule is NCC(NC(=O)N1CC2(CCOCC2)[C@@H]2CCC[C@@H]21)c1ccc2ccccc2c1. The zero-order valence-electron chi connectivity index (χ0n) is 17.0. The first-order valence-electron chi connectivity index (χ1n) is 11.0. The van der Waals surface area contributed by atoms with Crippen molar-refractivity contribution < 1.29 is 9.53 Å². The van der Waals surface area contributed by atoms with Gasteiger partial charge in [-0.25, -0.2) is 4.79 Å². The minimum Gasteiger partial charge on any atom is -0.381 e. The molecule has 0 aromatic heterocycles. The number of nitrogens with zero attached hydrogens (tertiary/aromatic N) is 1. The number of urea groups is 1. The Hall–Kier alpha value is -2.11. The topological polar surface area (TPSA) is 67.6 Å². The van der Waals surface area contributed by atoms with E-state index in [9.17, 15) is 4.79 Å². The Bertz CT molecular complexity index is 893. The summed E-state index contributed by atoms with van der Waals surface area (Å²) in [4.78, 5) is 15.5. The fourth-order valence-electron chi connectivity index (χ4n) is 6.07. The van der Waals surface area contributed by atoms with Gasteiger partial charge >= 0.3 is 6.03 Å². The zero-order valence-corrected chi connectivity index (χ0v) is 17.0. The summed E-state index contributed by atoms with van der Waals surface area (Å²) in [6.45, 7) is 2.93. The number of carbonyl (C=O) groups excluding carboxylic acids is 1. The van der Waals surface area contributed by atoms with Gasteiger partial charge in [-0.3, -0.25) is 0 Å². The molecule has 2 aromatic carbocycles. The van der Waals surface area contributed by atoms with Crippen LogP contribution in [0.4, 0.5) is 4.79 Å². The van der Waals surface area contributed by atoms with Crippen molar-refractivity contribution in [3.05, 3.63) is 48.0 Å². The van der Waals surface area contributed by atoms with Crippen molar-refractivity contribution in [1.29, 1.82) is 0 Å². The van der Waals surface area contributed by atoms with E-state index < -0.39 is 0 Å². The van der Waals surface area contributed by atoms with Crippen molar-refractivity contribution in [2.75, 3.05) is 26.3 Å². The van der Waals surface area contributed by atoms with Crippen LogP contribution in [0.15, 0.2) is 42.5 Å². The molecule has 1 spiro atoms. The van der Waals surface area contributed by atoms with Crippen LogP contribution in [0, 0.1) is 11.3 Å². The third-order valence-electron chi connectivity index (χ3n) is 7.61. The highest BCUT2D eigenvalue weighted by molar-refractivity contribution is 5.83. The van der Waals surface area contributed by atoms with Gasteiger partial charge < -0.3 is 20.7 Å². The van der Waals surface area contributed by atoms with E-state index in [1.54, 1.807) is 0 Å². The lowest BCUT2D eigenvalue weighted by atomic mass is 9.71. The quantitative estimate of drug-likeness (QED) is 0.833. The van der Waals surface area contributed by atoms with Crippen molar-refractivity contribution in [2.45, 2.75) is 44.2 Å². The van der Waals surface area contributed by atoms with E-state index in [2.05, 4.69) is 40.5 Å². The van der Waals surface area contributed by atoms with Crippen LogP contribution in [0.1, 0.15) is 43.7 Å². The van der Waals surface area contributed by atoms with Gasteiger partial charge in [-0.1, -0.05) is 42.8 Å². The fraction of sp³-hybridized carbons (Fsp3) is 0.542. The number of likely N-dealkylation sites (tertiary alicyclic amines) is 1. The third kappa shape index (κ3) is 3.30. The smallest absolute Gasteiger partial charge is 0.318 e. The van der Waals surface area contributed by atoms with Crippen LogP contribution in [0.2, 0.25) is 0 Å². The molecule has 154 valence electrons. The summed E-state index contributed by atoms with van der Waals surface area (Å²) in [7, 11) is 0. The van der Waals surface area contributed by atoms with Gasteiger partial charge in [0, 0.05) is 32.3 Å². The van der Waals surface area contributed by atoms with E-state index in [0.717, 1.165) is 44.6 Å². The van der Waals surface area contributed by atoms with E-state index in [1.165, 1.54) is 23.6 Å². The van der Waals surface area contributed by atoms with Crippen LogP contribution in [0.5, 0.6) is 0 Å². The molecule has 2 aromatic rings. The van der Waals surface area contributed by atoms with E-state index in [1.807, 2.05) is 12.1 Å². The first kappa shape index (κ1) is 18.9. The zero-order chi connectivity index (χ0) is 19.8. The Balaban J connectivity index is 1.35. The lowest BCUT2D eigenvalue weighted by molar-refractivity contribution is -0.000425. The van der Waals surface area contributed by atoms with Crippen LogP contribution in [-0.2, 0) is 4.74 Å². The largest absolute Gasteiger partial charge is 0.381 e. The van der Waals surface area contributed by atoms with Crippen LogP contribution in [-0.4, -0.2) is 43.3 Å². The van der Waals surface area contributed by atoms with Gasteiger partial charge in [-0.05, 0) is 59.4 Å². The molecule has 0 bridgehead atoms. The number of fused-ring (bicyclic) bond motifs is 3. The molecular weight excluding hydrogens is 362 g/mol. The Morgan fingerprint density at radius 2 is 1.97 bits per heavy atom. The molecule has 3 fully saturated rings. The van der Waals surface area contributed by atoms with Crippen LogP contribution >= 0.6 is 0 Å². The van der Waals surface area contributed by atoms with Gasteiger partial charge in [0.15, 0.2) is 0 Å². The summed E-state index contributed by atoms with van der Waals surface area (Å²) < 4.78 is 5.64. The molecule has 5 nitrogen and oxygen atoms in total. The highest BCUT2D eigenvalue weighted by Crippen LogP contribution is 2.53. The average Bonchev–Trinajstić information content (AvgIpc) is 3.36. The Kier molecular flexibility index (Phi) is 4.96. The maximum atomic E-state index is 13.3. The molecule has 2 saturated heterocycles. The second-order valence-corrected chi connectivity index (χ2v) is 9.05. The van der Waals surface area contributed by atoms with E-state index >= 15 is 0 Å². The number of amides is 2. The normalized spacial score (nSPS) is 26.6. The first-order chi connectivity index (χ1) is 14.2. The summed E-state index contributed by atoms with van der Waals surface area (Å²) in [6, 6.07) is 14.9. The highest BCUT2D eigenvalue weighted by atomic mass is 16.5. The molecular formula is C24H31N3O2. The number of carbonyl (C=O) groups is 1. The molecule has 3 N–H and O–H groups in total. The van der Waals surface area contributed by atoms with Gasteiger partial charge in [-0.2, -0.15) is 0 Å². The van der Waals surface area contributed by atoms with Gasteiger partial charge in [0.2, 0.25) is 0 Å².